The summed E-state index contributed by atoms with van der Waals surface area (Å²) in [6.45, 7) is 15.3. The van der Waals surface area contributed by atoms with Crippen molar-refractivity contribution in [2.24, 2.45) is 0 Å². The highest BCUT2D eigenvalue weighted by atomic mass is 16.7. The molecule has 0 saturated carbocycles. The van der Waals surface area contributed by atoms with E-state index in [0.717, 1.165) is 5.47 Å². The van der Waals surface area contributed by atoms with E-state index in [0.29, 0.717) is 0 Å². The molecule has 0 unspecified atom stereocenters. The lowest BCUT2D eigenvalue weighted by Crippen LogP contribution is -2.49. The molecule has 0 bridgehead atoms. The van der Waals surface area contributed by atoms with Crippen LogP contribution >= 0.6 is 0 Å². The highest BCUT2D eigenvalue weighted by Crippen LogP contribution is 2.46. The molecule has 0 radical (unpaired) electrons. The standard InChI is InChI=1S/C33H34B2O2/c1-21-19-22(2)29(23(3)20-21)34-27-18-12-16-24-15-11-17-26(28(24)27)31(30(34)25-13-9-8-10-14-25)35-36-32(4,5)33(6,7)37-35/h8-20H,1-7H3. The third-order valence-electron chi connectivity index (χ3n) is 8.72. The molecule has 0 amide bonds. The summed E-state index contributed by atoms with van der Waals surface area (Å²) in [6.07, 6.45) is 0. The third-order valence-corrected chi connectivity index (χ3v) is 8.72. The van der Waals surface area contributed by atoms with Crippen LogP contribution in [0, 0.1) is 20.8 Å². The van der Waals surface area contributed by atoms with Crippen LogP contribution in [0.15, 0.2) is 78.9 Å². The molecular formula is C33H34B2O2. The van der Waals surface area contributed by atoms with E-state index < -0.39 is 18.3 Å². The minimum atomic E-state index is -0.465. The van der Waals surface area contributed by atoms with Crippen LogP contribution in [-0.4, -0.2) is 25.0 Å². The second-order valence-corrected chi connectivity index (χ2v) is 11.8. The van der Waals surface area contributed by atoms with Gasteiger partial charge in [0.25, 0.3) is 0 Å². The maximum atomic E-state index is 6.79. The Morgan fingerprint density at radius 3 is 1.86 bits per heavy atom. The quantitative estimate of drug-likeness (QED) is 0.311. The van der Waals surface area contributed by atoms with Gasteiger partial charge in [-0.25, -0.2) is 0 Å². The van der Waals surface area contributed by atoms with E-state index in [9.17, 15) is 0 Å². The molecule has 1 fully saturated rings. The van der Waals surface area contributed by atoms with Gasteiger partial charge in [-0.1, -0.05) is 112 Å². The number of hydrogen-bond acceptors (Lipinski definition) is 2. The first-order chi connectivity index (χ1) is 17.6. The van der Waals surface area contributed by atoms with Crippen molar-refractivity contribution in [3.05, 3.63) is 107 Å². The van der Waals surface area contributed by atoms with Crippen molar-refractivity contribution in [1.29, 1.82) is 0 Å². The molecule has 37 heavy (non-hydrogen) atoms. The molecule has 4 heteroatoms. The van der Waals surface area contributed by atoms with Gasteiger partial charge in [-0.05, 0) is 75.8 Å². The first kappa shape index (κ1) is 24.3. The van der Waals surface area contributed by atoms with Gasteiger partial charge in [-0.3, -0.25) is 0 Å². The maximum Gasteiger partial charge on any atom is 0.494 e. The summed E-state index contributed by atoms with van der Waals surface area (Å²) in [5.74, 6) is 0. The summed E-state index contributed by atoms with van der Waals surface area (Å²) in [5.41, 5.74) is 10.7. The van der Waals surface area contributed by atoms with Gasteiger partial charge in [0.15, 0.2) is 0 Å². The lowest BCUT2D eigenvalue weighted by Gasteiger charge is -2.33. The Labute approximate surface area is 221 Å². The molecule has 0 atom stereocenters. The largest absolute Gasteiger partial charge is 0.494 e. The monoisotopic (exact) mass is 484 g/mol. The lowest BCUT2D eigenvalue weighted by molar-refractivity contribution is 0.00578. The normalized spacial score (nSPS) is 18.1. The Morgan fingerprint density at radius 2 is 1.24 bits per heavy atom. The Morgan fingerprint density at radius 1 is 0.649 bits per heavy atom. The van der Waals surface area contributed by atoms with Gasteiger partial charge in [-0.15, -0.1) is 0 Å². The van der Waals surface area contributed by atoms with Crippen LogP contribution in [0.3, 0.4) is 0 Å². The molecule has 6 rings (SSSR count). The molecule has 4 aromatic rings. The Kier molecular flexibility index (Phi) is 5.56. The number of aryl methyl sites for hydroxylation is 3. The fraction of sp³-hybridized carbons (Fsp3) is 0.273. The molecule has 0 aliphatic carbocycles. The minimum absolute atomic E-state index is 0.0654. The van der Waals surface area contributed by atoms with Crippen molar-refractivity contribution < 1.29 is 9.31 Å². The van der Waals surface area contributed by atoms with E-state index in [-0.39, 0.29) is 6.71 Å². The number of rotatable bonds is 3. The predicted octanol–water partition coefficient (Wildman–Crippen LogP) is 6.47. The molecule has 2 nitrogen and oxygen atoms in total. The van der Waals surface area contributed by atoms with Crippen molar-refractivity contribution in [2.45, 2.75) is 59.7 Å². The van der Waals surface area contributed by atoms with E-state index in [1.807, 2.05) is 0 Å². The van der Waals surface area contributed by atoms with E-state index in [2.05, 4.69) is 127 Å². The zero-order valence-corrected chi connectivity index (χ0v) is 23.0. The van der Waals surface area contributed by atoms with Crippen LogP contribution in [0.1, 0.15) is 55.5 Å². The van der Waals surface area contributed by atoms with Crippen LogP contribution in [0.4, 0.5) is 0 Å². The van der Waals surface area contributed by atoms with Gasteiger partial charge in [0, 0.05) is 0 Å². The van der Waals surface area contributed by atoms with Crippen molar-refractivity contribution in [3.63, 3.8) is 0 Å². The highest BCUT2D eigenvalue weighted by molar-refractivity contribution is 7.05. The van der Waals surface area contributed by atoms with Gasteiger partial charge in [0.2, 0.25) is 6.71 Å². The number of benzene rings is 4. The molecule has 0 N–H and O–H groups in total. The van der Waals surface area contributed by atoms with Gasteiger partial charge in [0.05, 0.1) is 11.2 Å². The molecule has 0 spiro atoms. The first-order valence-corrected chi connectivity index (χ1v) is 13.3. The van der Waals surface area contributed by atoms with Gasteiger partial charge < -0.3 is 9.31 Å². The summed E-state index contributed by atoms with van der Waals surface area (Å²) in [5, 5.41) is 2.56. The molecular weight excluding hydrogens is 450 g/mol. The predicted molar refractivity (Wildman–Crippen MR) is 159 cm³/mol. The molecule has 1 saturated heterocycles. The minimum Gasteiger partial charge on any atom is -0.399 e. The molecule has 2 aliphatic rings. The van der Waals surface area contributed by atoms with Crippen LogP contribution in [0.2, 0.25) is 0 Å². The fourth-order valence-corrected chi connectivity index (χ4v) is 6.39. The molecule has 184 valence electrons. The van der Waals surface area contributed by atoms with Crippen molar-refractivity contribution in [3.8, 4) is 0 Å². The second kappa shape index (κ2) is 8.48. The van der Waals surface area contributed by atoms with E-state index in [1.165, 1.54) is 55.0 Å². The van der Waals surface area contributed by atoms with Crippen molar-refractivity contribution >= 4 is 46.5 Å². The van der Waals surface area contributed by atoms with Gasteiger partial charge in [0.1, 0.15) is 0 Å². The maximum absolute atomic E-state index is 6.79. The third kappa shape index (κ3) is 3.73. The van der Waals surface area contributed by atoms with Crippen LogP contribution < -0.4 is 10.9 Å². The average molecular weight is 484 g/mol. The smallest absolute Gasteiger partial charge is 0.399 e. The van der Waals surface area contributed by atoms with Gasteiger partial charge in [-0.2, -0.15) is 0 Å². The van der Waals surface area contributed by atoms with Crippen molar-refractivity contribution in [1.82, 2.24) is 0 Å². The Balaban J connectivity index is 1.76. The van der Waals surface area contributed by atoms with E-state index in [4.69, 9.17) is 9.31 Å². The summed E-state index contributed by atoms with van der Waals surface area (Å²) < 4.78 is 13.6. The summed E-state index contributed by atoms with van der Waals surface area (Å²) in [6, 6.07) is 28.9. The van der Waals surface area contributed by atoms with E-state index >= 15 is 0 Å². The second-order valence-electron chi connectivity index (χ2n) is 11.8. The summed E-state index contributed by atoms with van der Waals surface area (Å²) in [4.78, 5) is 0. The van der Waals surface area contributed by atoms with E-state index in [1.54, 1.807) is 0 Å². The Bertz CT molecular complexity index is 1520. The van der Waals surface area contributed by atoms with Crippen molar-refractivity contribution in [2.75, 3.05) is 0 Å². The topological polar surface area (TPSA) is 18.5 Å². The summed E-state index contributed by atoms with van der Waals surface area (Å²) >= 11 is 0. The van der Waals surface area contributed by atoms with Gasteiger partial charge >= 0.3 is 7.12 Å². The average Bonchev–Trinajstić information content (AvgIpc) is 3.06. The lowest BCUT2D eigenvalue weighted by atomic mass is 9.30. The molecule has 2 heterocycles. The van der Waals surface area contributed by atoms with Crippen LogP contribution in [0.5, 0.6) is 0 Å². The van der Waals surface area contributed by atoms with Crippen LogP contribution in [0.25, 0.3) is 21.7 Å². The SMILES string of the molecule is Cc1cc(C)c(B2C(c3ccccc3)=C(B3OC(C)(C)C(C)(C)O3)c3cccc4cccc2c34)c(C)c1. The molecule has 2 aliphatic heterocycles. The first-order valence-electron chi connectivity index (χ1n) is 13.3. The van der Waals surface area contributed by atoms with Crippen LogP contribution in [-0.2, 0) is 9.31 Å². The molecule has 4 aromatic carbocycles. The fourth-order valence-electron chi connectivity index (χ4n) is 6.39. The Hall–Kier alpha value is -3.07. The molecule has 0 aromatic heterocycles. The zero-order chi connectivity index (χ0) is 26.1. The highest BCUT2D eigenvalue weighted by Gasteiger charge is 2.54. The summed E-state index contributed by atoms with van der Waals surface area (Å²) in [7, 11) is -0.465. The number of hydrogen-bond donors (Lipinski definition) is 0. The zero-order valence-electron chi connectivity index (χ0n) is 23.0.